The number of piperidine rings is 1. The van der Waals surface area contributed by atoms with Gasteiger partial charge >= 0.3 is 12.1 Å². The summed E-state index contributed by atoms with van der Waals surface area (Å²) < 4.78 is 43.1. The number of pyridine rings is 1. The molecule has 6 rings (SSSR count). The lowest BCUT2D eigenvalue weighted by Crippen LogP contribution is -2.46. The molecule has 2 saturated heterocycles. The van der Waals surface area contributed by atoms with E-state index in [-0.39, 0.29) is 53.8 Å². The molecule has 4 heterocycles. The predicted octanol–water partition coefficient (Wildman–Crippen LogP) is 4.55. The summed E-state index contributed by atoms with van der Waals surface area (Å²) in [6.45, 7) is 5.08. The van der Waals surface area contributed by atoms with E-state index in [1.54, 1.807) is 13.0 Å². The molecule has 2 aliphatic heterocycles. The Kier molecular flexibility index (Phi) is 8.55. The number of phenols is 1. The van der Waals surface area contributed by atoms with Gasteiger partial charge in [-0.25, -0.2) is 13.6 Å². The number of amides is 1. The van der Waals surface area contributed by atoms with Crippen molar-refractivity contribution in [2.24, 2.45) is 0 Å². The van der Waals surface area contributed by atoms with Crippen LogP contribution in [-0.4, -0.2) is 94.2 Å². The normalized spacial score (nSPS) is 22.0. The number of carbonyl (C=O) groups is 1. The first-order chi connectivity index (χ1) is 22.0. The lowest BCUT2D eigenvalue weighted by atomic mass is 9.94. The number of alkyl carbamates (subject to hydrolysis) is 1. The topological polar surface area (TPSA) is 133 Å². The Morgan fingerprint density at radius 1 is 1.24 bits per heavy atom. The second kappa shape index (κ2) is 12.4. The van der Waals surface area contributed by atoms with Gasteiger partial charge in [0.15, 0.2) is 5.82 Å². The van der Waals surface area contributed by atoms with Gasteiger partial charge < -0.3 is 29.9 Å². The van der Waals surface area contributed by atoms with E-state index in [1.807, 2.05) is 23.8 Å². The molecule has 0 bridgehead atoms. The van der Waals surface area contributed by atoms with E-state index in [4.69, 9.17) is 9.47 Å². The molecule has 46 heavy (non-hydrogen) atoms. The first kappa shape index (κ1) is 31.6. The standard InChI is InChI=1S/C33H38F2N6O5/c1-5-22-25(34)8-7-18-11-20(42)13-23(26(18)22)28-27(35)29-24(14-37-28)30(41-10-6-9-33(2,44)17-41)39-31(38-29)45-16-19-12-21(15-40(19)4)46-32(43)36-3/h7-8,11,13-14,19,21,42,44H,5-6,9-10,12,15-17H2,1-4H3,(H,36,43)/t19-,21+,33+/m0/s1. The number of anilines is 1. The fourth-order valence-electron chi connectivity index (χ4n) is 6.64. The van der Waals surface area contributed by atoms with E-state index in [2.05, 4.69) is 20.3 Å². The van der Waals surface area contributed by atoms with E-state index in [0.717, 1.165) is 0 Å². The number of carbonyl (C=O) groups excluding carboxylic acids is 1. The van der Waals surface area contributed by atoms with Gasteiger partial charge in [0.1, 0.15) is 41.3 Å². The molecule has 2 aromatic carbocycles. The van der Waals surface area contributed by atoms with Crippen molar-refractivity contribution in [2.75, 3.05) is 45.2 Å². The average Bonchev–Trinajstić information content (AvgIpc) is 3.37. The highest BCUT2D eigenvalue weighted by atomic mass is 19.1. The number of rotatable bonds is 7. The molecule has 0 aliphatic carbocycles. The second-order valence-corrected chi connectivity index (χ2v) is 12.4. The van der Waals surface area contributed by atoms with Gasteiger partial charge in [-0.1, -0.05) is 13.0 Å². The Morgan fingerprint density at radius 3 is 2.78 bits per heavy atom. The molecule has 0 saturated carbocycles. The van der Waals surface area contributed by atoms with Crippen molar-refractivity contribution in [3.63, 3.8) is 0 Å². The summed E-state index contributed by atoms with van der Waals surface area (Å²) in [4.78, 5) is 29.3. The monoisotopic (exact) mass is 636 g/mol. The Bertz CT molecular complexity index is 1800. The molecule has 244 valence electrons. The summed E-state index contributed by atoms with van der Waals surface area (Å²) in [5.74, 6) is -0.940. The number of hydrogen-bond donors (Lipinski definition) is 3. The lowest BCUT2D eigenvalue weighted by Gasteiger charge is -2.37. The molecule has 1 amide bonds. The molecule has 0 spiro atoms. The maximum Gasteiger partial charge on any atom is 0.407 e. The number of fused-ring (bicyclic) bond motifs is 2. The SMILES string of the molecule is CCc1c(F)ccc2cc(O)cc(-c3ncc4c(N5CCC[C@@](C)(O)C5)nc(OC[C@@H]5C[C@@H](OC(=O)NC)CN5C)nc4c3F)c12. The van der Waals surface area contributed by atoms with E-state index in [9.17, 15) is 19.4 Å². The van der Waals surface area contributed by atoms with Crippen LogP contribution in [0.5, 0.6) is 11.8 Å². The fourth-order valence-corrected chi connectivity index (χ4v) is 6.64. The Balaban J connectivity index is 1.44. The van der Waals surface area contributed by atoms with Gasteiger partial charge in [0, 0.05) is 50.9 Å². The molecule has 2 aromatic heterocycles. The lowest BCUT2D eigenvalue weighted by molar-refractivity contribution is 0.0447. The van der Waals surface area contributed by atoms with Crippen molar-refractivity contribution >= 4 is 33.6 Å². The minimum Gasteiger partial charge on any atom is -0.508 e. The Morgan fingerprint density at radius 2 is 2.04 bits per heavy atom. The summed E-state index contributed by atoms with van der Waals surface area (Å²) in [5, 5.41) is 25.2. The number of ether oxygens (including phenoxy) is 2. The van der Waals surface area contributed by atoms with E-state index < -0.39 is 23.3 Å². The fraction of sp³-hybridized carbons (Fsp3) is 0.455. The summed E-state index contributed by atoms with van der Waals surface area (Å²) >= 11 is 0. The smallest absolute Gasteiger partial charge is 0.407 e. The van der Waals surface area contributed by atoms with Crippen LogP contribution in [0.15, 0.2) is 30.5 Å². The van der Waals surface area contributed by atoms with Gasteiger partial charge in [0.25, 0.3) is 0 Å². The van der Waals surface area contributed by atoms with Crippen molar-refractivity contribution in [2.45, 2.75) is 57.3 Å². The van der Waals surface area contributed by atoms with E-state index in [0.29, 0.717) is 66.3 Å². The molecular weight excluding hydrogens is 598 g/mol. The molecule has 2 aliphatic rings. The summed E-state index contributed by atoms with van der Waals surface area (Å²) in [6.07, 6.45) is 2.84. The molecule has 0 radical (unpaired) electrons. The zero-order chi connectivity index (χ0) is 32.7. The third-order valence-electron chi connectivity index (χ3n) is 8.91. The summed E-state index contributed by atoms with van der Waals surface area (Å²) in [7, 11) is 3.40. The van der Waals surface area contributed by atoms with Crippen LogP contribution in [0.1, 0.15) is 38.7 Å². The number of halogens is 2. The number of benzene rings is 2. The first-order valence-electron chi connectivity index (χ1n) is 15.5. The van der Waals surface area contributed by atoms with Crippen LogP contribution in [0.3, 0.4) is 0 Å². The van der Waals surface area contributed by atoms with Gasteiger partial charge in [0.05, 0.1) is 11.0 Å². The average molecular weight is 637 g/mol. The van der Waals surface area contributed by atoms with Crippen LogP contribution in [0.25, 0.3) is 32.9 Å². The maximum atomic E-state index is 16.7. The number of nitrogens with one attached hydrogen (secondary N) is 1. The van der Waals surface area contributed by atoms with Crippen LogP contribution in [0, 0.1) is 11.6 Å². The number of nitrogens with zero attached hydrogens (tertiary/aromatic N) is 5. The number of likely N-dealkylation sites (N-methyl/N-ethyl adjacent to an activating group) is 1. The first-order valence-corrected chi connectivity index (χ1v) is 15.5. The number of aliphatic hydroxyl groups is 1. The van der Waals surface area contributed by atoms with E-state index >= 15 is 4.39 Å². The Labute approximate surface area is 265 Å². The minimum absolute atomic E-state index is 0.0539. The molecular formula is C33H38F2N6O5. The molecule has 11 nitrogen and oxygen atoms in total. The summed E-state index contributed by atoms with van der Waals surface area (Å²) in [6, 6.07) is 5.59. The molecule has 2 fully saturated rings. The van der Waals surface area contributed by atoms with Crippen LogP contribution in [-0.2, 0) is 11.2 Å². The second-order valence-electron chi connectivity index (χ2n) is 12.4. The number of β-amino-alcohol motifs (C(OH)–C–C–N with tert-alkyl or cyclic N) is 1. The highest BCUT2D eigenvalue weighted by Gasteiger charge is 2.34. The largest absolute Gasteiger partial charge is 0.508 e. The van der Waals surface area contributed by atoms with Crippen molar-refractivity contribution < 1.29 is 33.3 Å². The van der Waals surface area contributed by atoms with Gasteiger partial charge in [-0.05, 0) is 67.8 Å². The predicted molar refractivity (Wildman–Crippen MR) is 169 cm³/mol. The van der Waals surface area contributed by atoms with Crippen LogP contribution < -0.4 is 15.0 Å². The third-order valence-corrected chi connectivity index (χ3v) is 8.91. The van der Waals surface area contributed by atoms with Crippen molar-refractivity contribution in [1.29, 1.82) is 0 Å². The van der Waals surface area contributed by atoms with Gasteiger partial charge in [-0.15, -0.1) is 0 Å². The number of aryl methyl sites for hydroxylation is 1. The molecule has 0 unspecified atom stereocenters. The van der Waals surface area contributed by atoms with Crippen molar-refractivity contribution in [3.05, 3.63) is 47.7 Å². The number of phenolic OH excluding ortho intramolecular Hbond substituents is 1. The number of aromatic nitrogens is 3. The molecule has 3 atom stereocenters. The summed E-state index contributed by atoms with van der Waals surface area (Å²) in [5.41, 5.74) is -0.503. The third kappa shape index (κ3) is 6.08. The highest BCUT2D eigenvalue weighted by molar-refractivity contribution is 6.01. The zero-order valence-electron chi connectivity index (χ0n) is 26.3. The van der Waals surface area contributed by atoms with Crippen molar-refractivity contribution in [1.82, 2.24) is 25.2 Å². The minimum atomic E-state index is -0.976. The number of hydrogen-bond acceptors (Lipinski definition) is 10. The van der Waals surface area contributed by atoms with Crippen LogP contribution in [0.4, 0.5) is 19.4 Å². The highest BCUT2D eigenvalue weighted by Crippen LogP contribution is 2.39. The molecule has 4 aromatic rings. The molecule has 13 heteroatoms. The van der Waals surface area contributed by atoms with Gasteiger partial charge in [0.2, 0.25) is 0 Å². The Hall–Kier alpha value is -4.36. The number of likely N-dealkylation sites (tertiary alicyclic amines) is 1. The van der Waals surface area contributed by atoms with Gasteiger partial charge in [-0.2, -0.15) is 9.97 Å². The van der Waals surface area contributed by atoms with Crippen molar-refractivity contribution in [3.8, 4) is 23.0 Å². The number of aromatic hydroxyl groups is 1. The zero-order valence-corrected chi connectivity index (χ0v) is 26.3. The van der Waals surface area contributed by atoms with Gasteiger partial charge in [-0.3, -0.25) is 9.88 Å². The van der Waals surface area contributed by atoms with Crippen LogP contribution in [0.2, 0.25) is 0 Å². The quantitative estimate of drug-likeness (QED) is 0.265. The van der Waals surface area contributed by atoms with Crippen LogP contribution >= 0.6 is 0 Å². The maximum absolute atomic E-state index is 16.7. The molecule has 3 N–H and O–H groups in total. The van der Waals surface area contributed by atoms with E-state index in [1.165, 1.54) is 31.4 Å².